The molecule has 0 fully saturated rings. The lowest BCUT2D eigenvalue weighted by Gasteiger charge is -2.17. The number of carbonyl (C=O) groups is 2. The molecule has 2 aromatic rings. The minimum Gasteiger partial charge on any atom is -0.326 e. The lowest BCUT2D eigenvalue weighted by Crippen LogP contribution is -2.26. The smallest absolute Gasteiger partial charge is 0.226 e. The second-order valence-corrected chi connectivity index (χ2v) is 6.47. The minimum absolute atomic E-state index is 0.0142. The van der Waals surface area contributed by atoms with Gasteiger partial charge in [0, 0.05) is 31.3 Å². The molecule has 0 atom stereocenters. The topological polar surface area (TPSA) is 49.4 Å². The maximum Gasteiger partial charge on any atom is 0.226 e. The van der Waals surface area contributed by atoms with Gasteiger partial charge in [0.1, 0.15) is 0 Å². The molecule has 0 aromatic heterocycles. The standard InChI is InChI=1S/C21H26N2O2/c1-16(2)17-12-14-18(15-13-17)22-20(24)10-7-11-21(25)23(3)19-8-5-4-6-9-19/h4-6,8-9,12-16H,7,10-11H2,1-3H3,(H,22,24). The van der Waals surface area contributed by atoms with Crippen LogP contribution in [0.1, 0.15) is 44.6 Å². The molecule has 0 aliphatic rings. The van der Waals surface area contributed by atoms with Crippen molar-refractivity contribution in [3.05, 3.63) is 60.2 Å². The highest BCUT2D eigenvalue weighted by atomic mass is 16.2. The highest BCUT2D eigenvalue weighted by molar-refractivity contribution is 5.94. The number of hydrogen-bond acceptors (Lipinski definition) is 2. The van der Waals surface area contributed by atoms with E-state index in [1.807, 2.05) is 54.6 Å². The number of carbonyl (C=O) groups excluding carboxylic acids is 2. The summed E-state index contributed by atoms with van der Waals surface area (Å²) < 4.78 is 0. The molecule has 0 unspecified atom stereocenters. The molecule has 0 saturated carbocycles. The largest absolute Gasteiger partial charge is 0.326 e. The first kappa shape index (κ1) is 18.7. The third-order valence-corrected chi connectivity index (χ3v) is 4.17. The van der Waals surface area contributed by atoms with Crippen LogP contribution in [-0.4, -0.2) is 18.9 Å². The molecule has 2 rings (SSSR count). The molecule has 2 amide bonds. The molecular weight excluding hydrogens is 312 g/mol. The summed E-state index contributed by atoms with van der Waals surface area (Å²) >= 11 is 0. The summed E-state index contributed by atoms with van der Waals surface area (Å²) in [4.78, 5) is 25.8. The van der Waals surface area contributed by atoms with Crippen molar-refractivity contribution in [2.45, 2.75) is 39.0 Å². The van der Waals surface area contributed by atoms with Gasteiger partial charge in [0.25, 0.3) is 0 Å². The molecule has 0 radical (unpaired) electrons. The Labute approximate surface area is 149 Å². The van der Waals surface area contributed by atoms with E-state index in [0.717, 1.165) is 11.4 Å². The third kappa shape index (κ3) is 5.75. The van der Waals surface area contributed by atoms with Gasteiger partial charge < -0.3 is 10.2 Å². The van der Waals surface area contributed by atoms with Crippen LogP contribution in [0.4, 0.5) is 11.4 Å². The van der Waals surface area contributed by atoms with Crippen LogP contribution in [0, 0.1) is 0 Å². The van der Waals surface area contributed by atoms with Crippen molar-refractivity contribution in [3.63, 3.8) is 0 Å². The number of nitrogens with one attached hydrogen (secondary N) is 1. The number of hydrogen-bond donors (Lipinski definition) is 1. The van der Waals surface area contributed by atoms with E-state index in [0.29, 0.717) is 25.2 Å². The van der Waals surface area contributed by atoms with Gasteiger partial charge in [-0.05, 0) is 42.2 Å². The van der Waals surface area contributed by atoms with Gasteiger partial charge in [0.05, 0.1) is 0 Å². The van der Waals surface area contributed by atoms with Crippen molar-refractivity contribution in [2.24, 2.45) is 0 Å². The van der Waals surface area contributed by atoms with E-state index in [1.165, 1.54) is 5.56 Å². The van der Waals surface area contributed by atoms with Gasteiger partial charge >= 0.3 is 0 Å². The maximum absolute atomic E-state index is 12.2. The molecule has 1 N–H and O–H groups in total. The summed E-state index contributed by atoms with van der Waals surface area (Å²) in [6.45, 7) is 4.27. The van der Waals surface area contributed by atoms with Gasteiger partial charge in [-0.1, -0.05) is 44.2 Å². The third-order valence-electron chi connectivity index (χ3n) is 4.17. The highest BCUT2D eigenvalue weighted by Crippen LogP contribution is 2.17. The zero-order valence-corrected chi connectivity index (χ0v) is 15.2. The van der Waals surface area contributed by atoms with E-state index in [1.54, 1.807) is 11.9 Å². The molecule has 0 heterocycles. The van der Waals surface area contributed by atoms with Crippen molar-refractivity contribution in [3.8, 4) is 0 Å². The predicted molar refractivity (Wildman–Crippen MR) is 103 cm³/mol. The van der Waals surface area contributed by atoms with Crippen molar-refractivity contribution in [2.75, 3.05) is 17.3 Å². The summed E-state index contributed by atoms with van der Waals surface area (Å²) in [5.41, 5.74) is 2.90. The summed E-state index contributed by atoms with van der Waals surface area (Å²) in [7, 11) is 1.76. The molecule has 2 aromatic carbocycles. The van der Waals surface area contributed by atoms with Crippen LogP contribution in [0.15, 0.2) is 54.6 Å². The molecule has 0 aliphatic carbocycles. The number of anilines is 2. The van der Waals surface area contributed by atoms with Crippen LogP contribution < -0.4 is 10.2 Å². The van der Waals surface area contributed by atoms with Crippen LogP contribution in [-0.2, 0) is 9.59 Å². The van der Waals surface area contributed by atoms with Gasteiger partial charge in [-0.25, -0.2) is 0 Å². The van der Waals surface area contributed by atoms with Crippen molar-refractivity contribution < 1.29 is 9.59 Å². The van der Waals surface area contributed by atoms with Gasteiger partial charge in [0.2, 0.25) is 11.8 Å². The fourth-order valence-corrected chi connectivity index (χ4v) is 2.54. The van der Waals surface area contributed by atoms with E-state index < -0.39 is 0 Å². The van der Waals surface area contributed by atoms with E-state index in [2.05, 4.69) is 19.2 Å². The zero-order valence-electron chi connectivity index (χ0n) is 15.2. The summed E-state index contributed by atoms with van der Waals surface area (Å²) in [6.07, 6.45) is 1.22. The number of benzene rings is 2. The second-order valence-electron chi connectivity index (χ2n) is 6.47. The molecule has 0 bridgehead atoms. The van der Waals surface area contributed by atoms with E-state index in [-0.39, 0.29) is 11.8 Å². The summed E-state index contributed by atoms with van der Waals surface area (Å²) in [5.74, 6) is 0.421. The van der Waals surface area contributed by atoms with Crippen LogP contribution in [0.5, 0.6) is 0 Å². The molecule has 4 heteroatoms. The van der Waals surface area contributed by atoms with Gasteiger partial charge in [-0.2, -0.15) is 0 Å². The number of rotatable bonds is 7. The Bertz CT molecular complexity index is 694. The first-order valence-electron chi connectivity index (χ1n) is 8.69. The number of nitrogens with zero attached hydrogens (tertiary/aromatic N) is 1. The van der Waals surface area contributed by atoms with Gasteiger partial charge in [-0.15, -0.1) is 0 Å². The molecule has 0 aliphatic heterocycles. The highest BCUT2D eigenvalue weighted by Gasteiger charge is 2.11. The Morgan fingerprint density at radius 3 is 2.20 bits per heavy atom. The van der Waals surface area contributed by atoms with E-state index in [9.17, 15) is 9.59 Å². The van der Waals surface area contributed by atoms with Crippen LogP contribution in [0.3, 0.4) is 0 Å². The van der Waals surface area contributed by atoms with Crippen molar-refractivity contribution in [1.82, 2.24) is 0 Å². The van der Waals surface area contributed by atoms with Gasteiger partial charge in [0.15, 0.2) is 0 Å². The predicted octanol–water partition coefficient (Wildman–Crippen LogP) is 4.58. The van der Waals surface area contributed by atoms with E-state index >= 15 is 0 Å². The van der Waals surface area contributed by atoms with Crippen LogP contribution in [0.25, 0.3) is 0 Å². The fourth-order valence-electron chi connectivity index (χ4n) is 2.54. The number of amides is 2. The second kappa shape index (κ2) is 9.02. The summed E-state index contributed by atoms with van der Waals surface area (Å²) in [6, 6.07) is 17.4. The molecule has 4 nitrogen and oxygen atoms in total. The lowest BCUT2D eigenvalue weighted by atomic mass is 10.0. The van der Waals surface area contributed by atoms with Crippen molar-refractivity contribution >= 4 is 23.2 Å². The molecule has 0 saturated heterocycles. The SMILES string of the molecule is CC(C)c1ccc(NC(=O)CCCC(=O)N(C)c2ccccc2)cc1. The Morgan fingerprint density at radius 2 is 1.60 bits per heavy atom. The maximum atomic E-state index is 12.2. The molecular formula is C21H26N2O2. The first-order valence-corrected chi connectivity index (χ1v) is 8.69. The quantitative estimate of drug-likeness (QED) is 0.803. The summed E-state index contributed by atoms with van der Waals surface area (Å²) in [5, 5.41) is 2.88. The normalized spacial score (nSPS) is 10.6. The Balaban J connectivity index is 1.75. The number of para-hydroxylation sites is 1. The lowest BCUT2D eigenvalue weighted by molar-refractivity contribution is -0.118. The molecule has 0 spiro atoms. The van der Waals surface area contributed by atoms with Crippen molar-refractivity contribution in [1.29, 1.82) is 0 Å². The Hall–Kier alpha value is -2.62. The monoisotopic (exact) mass is 338 g/mol. The fraction of sp³-hybridized carbons (Fsp3) is 0.333. The minimum atomic E-state index is -0.0625. The van der Waals surface area contributed by atoms with Crippen LogP contribution >= 0.6 is 0 Å². The average molecular weight is 338 g/mol. The Morgan fingerprint density at radius 1 is 0.960 bits per heavy atom. The van der Waals surface area contributed by atoms with E-state index in [4.69, 9.17) is 0 Å². The Kier molecular flexibility index (Phi) is 6.75. The first-order chi connectivity index (χ1) is 12.0. The molecule has 25 heavy (non-hydrogen) atoms. The molecule has 132 valence electrons. The average Bonchev–Trinajstić information content (AvgIpc) is 2.62. The zero-order chi connectivity index (χ0) is 18.2. The van der Waals surface area contributed by atoms with Gasteiger partial charge in [-0.3, -0.25) is 9.59 Å². The van der Waals surface area contributed by atoms with Crippen LogP contribution in [0.2, 0.25) is 0 Å².